The number of hydrogen-bond acceptors (Lipinski definition) is 5. The van der Waals surface area contributed by atoms with E-state index in [2.05, 4.69) is 20.9 Å². The molecule has 1 aromatic heterocycles. The van der Waals surface area contributed by atoms with E-state index in [4.69, 9.17) is 0 Å². The number of aromatic nitrogens is 3. The lowest BCUT2D eigenvalue weighted by molar-refractivity contribution is 0.802. The molecule has 0 aliphatic heterocycles. The van der Waals surface area contributed by atoms with Gasteiger partial charge < -0.3 is 10.7 Å². The lowest BCUT2D eigenvalue weighted by Gasteiger charge is -2.10. The third kappa shape index (κ3) is 1.96. The molecule has 0 aliphatic rings. The SMILES string of the molecule is CNc1nnc(-c2ccccc2)c(=O)n1NC. The Hall–Kier alpha value is -2.37. The molecule has 0 saturated carbocycles. The maximum Gasteiger partial charge on any atom is 0.300 e. The summed E-state index contributed by atoms with van der Waals surface area (Å²) >= 11 is 0. The lowest BCUT2D eigenvalue weighted by atomic mass is 10.2. The van der Waals surface area contributed by atoms with Crippen molar-refractivity contribution < 1.29 is 0 Å². The number of anilines is 1. The van der Waals surface area contributed by atoms with Crippen LogP contribution in [-0.2, 0) is 0 Å². The zero-order valence-corrected chi connectivity index (χ0v) is 9.64. The molecule has 17 heavy (non-hydrogen) atoms. The van der Waals surface area contributed by atoms with Crippen molar-refractivity contribution in [2.75, 3.05) is 24.8 Å². The maximum atomic E-state index is 12.1. The average Bonchev–Trinajstić information content (AvgIpc) is 2.39. The van der Waals surface area contributed by atoms with Crippen LogP contribution in [0.1, 0.15) is 0 Å². The van der Waals surface area contributed by atoms with Gasteiger partial charge in [-0.3, -0.25) is 4.79 Å². The minimum Gasteiger partial charge on any atom is -0.356 e. The molecular weight excluding hydrogens is 218 g/mol. The normalized spacial score (nSPS) is 10.0. The zero-order valence-electron chi connectivity index (χ0n) is 9.64. The van der Waals surface area contributed by atoms with Gasteiger partial charge >= 0.3 is 0 Å². The Labute approximate surface area is 98.3 Å². The first-order chi connectivity index (χ1) is 8.27. The molecule has 88 valence electrons. The lowest BCUT2D eigenvalue weighted by Crippen LogP contribution is -2.31. The summed E-state index contributed by atoms with van der Waals surface area (Å²) in [5, 5.41) is 10.7. The molecule has 1 heterocycles. The summed E-state index contributed by atoms with van der Waals surface area (Å²) in [6.45, 7) is 0. The fourth-order valence-electron chi connectivity index (χ4n) is 1.53. The Kier molecular flexibility index (Phi) is 3.04. The summed E-state index contributed by atoms with van der Waals surface area (Å²) < 4.78 is 1.31. The molecule has 2 rings (SSSR count). The number of benzene rings is 1. The predicted molar refractivity (Wildman–Crippen MR) is 66.6 cm³/mol. The quantitative estimate of drug-likeness (QED) is 0.805. The highest BCUT2D eigenvalue weighted by Crippen LogP contribution is 2.11. The first-order valence-electron chi connectivity index (χ1n) is 5.18. The van der Waals surface area contributed by atoms with E-state index in [1.807, 2.05) is 30.3 Å². The molecule has 0 amide bonds. The Morgan fingerprint density at radius 3 is 2.41 bits per heavy atom. The summed E-state index contributed by atoms with van der Waals surface area (Å²) in [4.78, 5) is 12.1. The molecule has 6 nitrogen and oxygen atoms in total. The Morgan fingerprint density at radius 2 is 1.82 bits per heavy atom. The Morgan fingerprint density at radius 1 is 1.12 bits per heavy atom. The summed E-state index contributed by atoms with van der Waals surface area (Å²) in [5.74, 6) is 0.372. The van der Waals surface area contributed by atoms with E-state index >= 15 is 0 Å². The van der Waals surface area contributed by atoms with Crippen molar-refractivity contribution in [1.29, 1.82) is 0 Å². The largest absolute Gasteiger partial charge is 0.356 e. The van der Waals surface area contributed by atoms with Gasteiger partial charge in [0.1, 0.15) is 0 Å². The average molecular weight is 231 g/mol. The van der Waals surface area contributed by atoms with E-state index in [-0.39, 0.29) is 5.56 Å². The first kappa shape index (κ1) is 11.1. The Bertz CT molecular complexity index is 564. The van der Waals surface area contributed by atoms with E-state index < -0.39 is 0 Å². The third-order valence-corrected chi connectivity index (χ3v) is 2.36. The summed E-state index contributed by atoms with van der Waals surface area (Å²) in [7, 11) is 3.33. The van der Waals surface area contributed by atoms with Crippen LogP contribution in [0.2, 0.25) is 0 Å². The van der Waals surface area contributed by atoms with Crippen molar-refractivity contribution in [2.24, 2.45) is 0 Å². The van der Waals surface area contributed by atoms with Crippen LogP contribution >= 0.6 is 0 Å². The number of rotatable bonds is 3. The van der Waals surface area contributed by atoms with Gasteiger partial charge in [-0.05, 0) is 0 Å². The van der Waals surface area contributed by atoms with Gasteiger partial charge in [0.05, 0.1) is 0 Å². The molecule has 0 saturated heterocycles. The van der Waals surface area contributed by atoms with Gasteiger partial charge in [0.25, 0.3) is 5.56 Å². The fraction of sp³-hybridized carbons (Fsp3) is 0.182. The molecular formula is C11H13N5O. The van der Waals surface area contributed by atoms with Crippen LogP contribution in [0.15, 0.2) is 35.1 Å². The highest BCUT2D eigenvalue weighted by Gasteiger charge is 2.11. The van der Waals surface area contributed by atoms with Crippen LogP contribution in [0.4, 0.5) is 5.95 Å². The van der Waals surface area contributed by atoms with Gasteiger partial charge in [0.2, 0.25) is 5.95 Å². The molecule has 0 fully saturated rings. The zero-order chi connectivity index (χ0) is 12.3. The highest BCUT2D eigenvalue weighted by molar-refractivity contribution is 5.57. The van der Waals surface area contributed by atoms with E-state index in [0.29, 0.717) is 11.6 Å². The third-order valence-electron chi connectivity index (χ3n) is 2.36. The fourth-order valence-corrected chi connectivity index (χ4v) is 1.53. The maximum absolute atomic E-state index is 12.1. The Balaban J connectivity index is 2.62. The van der Waals surface area contributed by atoms with Crippen LogP contribution in [0, 0.1) is 0 Å². The second kappa shape index (κ2) is 4.65. The van der Waals surface area contributed by atoms with Crippen molar-refractivity contribution in [3.8, 4) is 11.3 Å². The van der Waals surface area contributed by atoms with E-state index in [0.717, 1.165) is 5.56 Å². The minimum atomic E-state index is -0.238. The smallest absolute Gasteiger partial charge is 0.300 e. The second-order valence-corrected chi connectivity index (χ2v) is 3.35. The standard InChI is InChI=1S/C11H13N5O/c1-12-11-15-14-9(10(17)16(11)13-2)8-6-4-3-5-7-8/h3-7,13H,1-2H3,(H,12,15). The first-order valence-corrected chi connectivity index (χ1v) is 5.18. The number of hydrogen-bond donors (Lipinski definition) is 2. The van der Waals surface area contributed by atoms with Gasteiger partial charge in [-0.25, -0.2) is 0 Å². The van der Waals surface area contributed by atoms with Crippen molar-refractivity contribution in [1.82, 2.24) is 14.9 Å². The molecule has 0 unspecified atom stereocenters. The van der Waals surface area contributed by atoms with E-state index in [9.17, 15) is 4.79 Å². The predicted octanol–water partition coefficient (Wildman–Crippen LogP) is 0.520. The van der Waals surface area contributed by atoms with Gasteiger partial charge in [-0.1, -0.05) is 30.3 Å². The van der Waals surface area contributed by atoms with E-state index in [1.54, 1.807) is 14.1 Å². The van der Waals surface area contributed by atoms with Crippen molar-refractivity contribution in [3.63, 3.8) is 0 Å². The topological polar surface area (TPSA) is 71.8 Å². The summed E-state index contributed by atoms with van der Waals surface area (Å²) in [6, 6.07) is 9.24. The molecule has 1 aromatic carbocycles. The van der Waals surface area contributed by atoms with Gasteiger partial charge in [-0.15, -0.1) is 10.2 Å². The van der Waals surface area contributed by atoms with Gasteiger partial charge in [-0.2, -0.15) is 4.68 Å². The van der Waals surface area contributed by atoms with Crippen LogP contribution in [0.5, 0.6) is 0 Å². The minimum absolute atomic E-state index is 0.238. The van der Waals surface area contributed by atoms with E-state index in [1.165, 1.54) is 4.68 Å². The van der Waals surface area contributed by atoms with Crippen LogP contribution < -0.4 is 16.3 Å². The highest BCUT2D eigenvalue weighted by atomic mass is 16.1. The summed E-state index contributed by atoms with van der Waals surface area (Å²) in [6.07, 6.45) is 0. The molecule has 0 spiro atoms. The molecule has 0 atom stereocenters. The van der Waals surface area contributed by atoms with Crippen LogP contribution in [0.3, 0.4) is 0 Å². The molecule has 0 bridgehead atoms. The molecule has 0 aliphatic carbocycles. The molecule has 0 radical (unpaired) electrons. The van der Waals surface area contributed by atoms with Crippen molar-refractivity contribution in [3.05, 3.63) is 40.7 Å². The van der Waals surface area contributed by atoms with Gasteiger partial charge in [0, 0.05) is 19.7 Å². The monoisotopic (exact) mass is 231 g/mol. The number of nitrogens with zero attached hydrogens (tertiary/aromatic N) is 3. The van der Waals surface area contributed by atoms with Crippen LogP contribution in [-0.4, -0.2) is 29.0 Å². The molecule has 6 heteroatoms. The molecule has 2 N–H and O–H groups in total. The van der Waals surface area contributed by atoms with Crippen molar-refractivity contribution in [2.45, 2.75) is 0 Å². The van der Waals surface area contributed by atoms with Crippen molar-refractivity contribution >= 4 is 5.95 Å². The second-order valence-electron chi connectivity index (χ2n) is 3.35. The molecule has 2 aromatic rings. The number of nitrogens with one attached hydrogen (secondary N) is 2. The summed E-state index contributed by atoms with van der Waals surface area (Å²) in [5.41, 5.74) is 3.59. The van der Waals surface area contributed by atoms with Gasteiger partial charge in [0.15, 0.2) is 5.69 Å². The van der Waals surface area contributed by atoms with Crippen LogP contribution in [0.25, 0.3) is 11.3 Å².